The maximum absolute atomic E-state index is 5.85. The number of hydrogen-bond donors (Lipinski definition) is 0. The van der Waals surface area contributed by atoms with Crippen LogP contribution in [0.25, 0.3) is 0 Å². The van der Waals surface area contributed by atoms with Crippen LogP contribution in [0.1, 0.15) is 33.1 Å². The summed E-state index contributed by atoms with van der Waals surface area (Å²) in [6.45, 7) is 9.75. The topological polar surface area (TPSA) is 15.7 Å². The summed E-state index contributed by atoms with van der Waals surface area (Å²) in [4.78, 5) is 4.90. The van der Waals surface area contributed by atoms with Gasteiger partial charge < -0.3 is 9.64 Å². The van der Waals surface area contributed by atoms with Gasteiger partial charge in [-0.15, -0.1) is 11.6 Å². The van der Waals surface area contributed by atoms with Gasteiger partial charge in [-0.1, -0.05) is 6.42 Å². The van der Waals surface area contributed by atoms with Gasteiger partial charge in [-0.05, 0) is 40.3 Å². The number of morpholine rings is 1. The van der Waals surface area contributed by atoms with Crippen molar-refractivity contribution in [2.75, 3.05) is 45.7 Å². The highest BCUT2D eigenvalue weighted by Gasteiger charge is 2.22. The van der Waals surface area contributed by atoms with Gasteiger partial charge in [0.15, 0.2) is 0 Å². The molecule has 108 valence electrons. The van der Waals surface area contributed by atoms with E-state index >= 15 is 0 Å². The van der Waals surface area contributed by atoms with E-state index in [9.17, 15) is 0 Å². The van der Waals surface area contributed by atoms with Crippen LogP contribution in [0.3, 0.4) is 0 Å². The SMILES string of the molecule is CC(C)N1CCOC(CN(C)CCCCCCl)C1. The van der Waals surface area contributed by atoms with Crippen molar-refractivity contribution in [3.63, 3.8) is 0 Å². The zero-order chi connectivity index (χ0) is 13.4. The summed E-state index contributed by atoms with van der Waals surface area (Å²) in [5.74, 6) is 0.790. The number of unbranched alkanes of at least 4 members (excludes halogenated alkanes) is 2. The Kier molecular flexibility index (Phi) is 8.23. The summed E-state index contributed by atoms with van der Waals surface area (Å²) in [5, 5.41) is 0. The first-order valence-corrected chi connectivity index (χ1v) is 7.77. The van der Waals surface area contributed by atoms with Crippen LogP contribution in [-0.4, -0.2) is 67.7 Å². The molecule has 1 heterocycles. The molecule has 1 fully saturated rings. The number of ether oxygens (including phenoxy) is 1. The van der Waals surface area contributed by atoms with Crippen molar-refractivity contribution < 1.29 is 4.74 Å². The second-order valence-electron chi connectivity index (χ2n) is 5.59. The van der Waals surface area contributed by atoms with Crippen molar-refractivity contribution in [2.45, 2.75) is 45.3 Å². The predicted molar refractivity (Wildman–Crippen MR) is 78.5 cm³/mol. The summed E-state index contributed by atoms with van der Waals surface area (Å²) in [5.41, 5.74) is 0. The smallest absolute Gasteiger partial charge is 0.0829 e. The van der Waals surface area contributed by atoms with E-state index in [0.717, 1.165) is 45.1 Å². The van der Waals surface area contributed by atoms with E-state index in [-0.39, 0.29) is 0 Å². The first-order valence-electron chi connectivity index (χ1n) is 7.23. The van der Waals surface area contributed by atoms with E-state index < -0.39 is 0 Å². The molecule has 0 saturated carbocycles. The molecule has 18 heavy (non-hydrogen) atoms. The van der Waals surface area contributed by atoms with Crippen molar-refractivity contribution in [3.05, 3.63) is 0 Å². The third kappa shape index (κ3) is 6.37. The summed E-state index contributed by atoms with van der Waals surface area (Å²) in [6.07, 6.45) is 3.98. The molecule has 3 nitrogen and oxygen atoms in total. The average molecular weight is 277 g/mol. The molecule has 1 unspecified atom stereocenters. The number of halogens is 1. The highest BCUT2D eigenvalue weighted by molar-refractivity contribution is 6.17. The highest BCUT2D eigenvalue weighted by atomic mass is 35.5. The Morgan fingerprint density at radius 1 is 1.33 bits per heavy atom. The third-order valence-corrected chi connectivity index (χ3v) is 3.86. The summed E-state index contributed by atoms with van der Waals surface area (Å²) in [7, 11) is 2.19. The van der Waals surface area contributed by atoms with Crippen molar-refractivity contribution in [2.24, 2.45) is 0 Å². The molecule has 0 spiro atoms. The zero-order valence-electron chi connectivity index (χ0n) is 12.2. The Morgan fingerprint density at radius 3 is 2.78 bits per heavy atom. The lowest BCUT2D eigenvalue weighted by molar-refractivity contribution is -0.0495. The van der Waals surface area contributed by atoms with Crippen molar-refractivity contribution in [1.29, 1.82) is 0 Å². The van der Waals surface area contributed by atoms with Crippen LogP contribution in [-0.2, 0) is 4.74 Å². The number of hydrogen-bond acceptors (Lipinski definition) is 3. The number of rotatable bonds is 8. The summed E-state index contributed by atoms with van der Waals surface area (Å²) in [6, 6.07) is 0.630. The lowest BCUT2D eigenvalue weighted by atomic mass is 10.2. The molecule has 0 aliphatic carbocycles. The van der Waals surface area contributed by atoms with Crippen LogP contribution in [0, 0.1) is 0 Å². The van der Waals surface area contributed by atoms with Crippen LogP contribution < -0.4 is 0 Å². The van der Waals surface area contributed by atoms with E-state index in [1.807, 2.05) is 0 Å². The van der Waals surface area contributed by atoms with E-state index in [1.165, 1.54) is 12.8 Å². The maximum Gasteiger partial charge on any atom is 0.0829 e. The van der Waals surface area contributed by atoms with Crippen molar-refractivity contribution in [3.8, 4) is 0 Å². The van der Waals surface area contributed by atoms with Gasteiger partial charge in [0.1, 0.15) is 0 Å². The molecule has 0 aromatic carbocycles. The standard InChI is InChI=1S/C14H29ClN2O/c1-13(2)17-9-10-18-14(12-17)11-16(3)8-6-4-5-7-15/h13-14H,4-12H2,1-3H3. The van der Waals surface area contributed by atoms with Crippen LogP contribution in [0.15, 0.2) is 0 Å². The lowest BCUT2D eigenvalue weighted by Crippen LogP contribution is -2.49. The van der Waals surface area contributed by atoms with Crippen LogP contribution in [0.2, 0.25) is 0 Å². The van der Waals surface area contributed by atoms with Gasteiger partial charge in [0.05, 0.1) is 12.7 Å². The molecule has 1 aliphatic heterocycles. The van der Waals surface area contributed by atoms with Crippen LogP contribution >= 0.6 is 11.6 Å². The Morgan fingerprint density at radius 2 is 2.11 bits per heavy atom. The molecular weight excluding hydrogens is 248 g/mol. The first kappa shape index (κ1) is 16.2. The molecule has 4 heteroatoms. The predicted octanol–water partition coefficient (Wildman–Crippen LogP) is 2.44. The van der Waals surface area contributed by atoms with Crippen molar-refractivity contribution in [1.82, 2.24) is 9.80 Å². The Balaban J connectivity index is 2.16. The largest absolute Gasteiger partial charge is 0.374 e. The minimum Gasteiger partial charge on any atom is -0.374 e. The van der Waals surface area contributed by atoms with E-state index in [2.05, 4.69) is 30.7 Å². The Bertz CT molecular complexity index is 214. The van der Waals surface area contributed by atoms with Gasteiger partial charge in [-0.25, -0.2) is 0 Å². The molecule has 0 radical (unpaired) electrons. The number of alkyl halides is 1. The molecule has 1 rings (SSSR count). The molecule has 0 aromatic rings. The molecule has 0 amide bonds. The van der Waals surface area contributed by atoms with E-state index in [4.69, 9.17) is 16.3 Å². The fraction of sp³-hybridized carbons (Fsp3) is 1.00. The summed E-state index contributed by atoms with van der Waals surface area (Å²) >= 11 is 5.68. The van der Waals surface area contributed by atoms with E-state index in [0.29, 0.717) is 12.1 Å². The van der Waals surface area contributed by atoms with Gasteiger partial charge >= 0.3 is 0 Å². The first-order chi connectivity index (χ1) is 8.63. The average Bonchev–Trinajstić information content (AvgIpc) is 2.35. The van der Waals surface area contributed by atoms with Gasteiger partial charge in [0.2, 0.25) is 0 Å². The van der Waals surface area contributed by atoms with Crippen LogP contribution in [0.4, 0.5) is 0 Å². The number of likely N-dealkylation sites (N-methyl/N-ethyl adjacent to an activating group) is 1. The molecule has 0 aromatic heterocycles. The number of nitrogens with zero attached hydrogens (tertiary/aromatic N) is 2. The Labute approximate surface area is 117 Å². The van der Waals surface area contributed by atoms with Gasteiger partial charge in [0, 0.05) is 31.6 Å². The van der Waals surface area contributed by atoms with Gasteiger partial charge in [-0.2, -0.15) is 0 Å². The Hall–Kier alpha value is 0.170. The van der Waals surface area contributed by atoms with Gasteiger partial charge in [0.25, 0.3) is 0 Å². The third-order valence-electron chi connectivity index (χ3n) is 3.59. The molecule has 1 saturated heterocycles. The zero-order valence-corrected chi connectivity index (χ0v) is 13.0. The fourth-order valence-electron chi connectivity index (χ4n) is 2.41. The van der Waals surface area contributed by atoms with E-state index in [1.54, 1.807) is 0 Å². The normalized spacial score (nSPS) is 22.0. The monoisotopic (exact) mass is 276 g/mol. The quantitative estimate of drug-likeness (QED) is 0.500. The minimum absolute atomic E-state index is 0.374. The van der Waals surface area contributed by atoms with Crippen molar-refractivity contribution >= 4 is 11.6 Å². The van der Waals surface area contributed by atoms with Gasteiger partial charge in [-0.3, -0.25) is 4.90 Å². The van der Waals surface area contributed by atoms with Crippen LogP contribution in [0.5, 0.6) is 0 Å². The second kappa shape index (κ2) is 9.13. The fourth-order valence-corrected chi connectivity index (χ4v) is 2.60. The maximum atomic E-state index is 5.85. The minimum atomic E-state index is 0.374. The second-order valence-corrected chi connectivity index (χ2v) is 5.97. The molecule has 1 aliphatic rings. The molecule has 1 atom stereocenters. The molecule has 0 N–H and O–H groups in total. The lowest BCUT2D eigenvalue weighted by Gasteiger charge is -2.37. The summed E-state index contributed by atoms with van der Waals surface area (Å²) < 4.78 is 5.85. The molecular formula is C14H29ClN2O. The highest BCUT2D eigenvalue weighted by Crippen LogP contribution is 2.10. The molecule has 0 bridgehead atoms.